The van der Waals surface area contributed by atoms with Crippen LogP contribution >= 0.6 is 0 Å². The van der Waals surface area contributed by atoms with Crippen LogP contribution < -0.4 is 5.32 Å². The molecule has 0 unspecified atom stereocenters. The van der Waals surface area contributed by atoms with Gasteiger partial charge in [0.25, 0.3) is 26.1 Å². The lowest BCUT2D eigenvalue weighted by Crippen LogP contribution is -2.14. The van der Waals surface area contributed by atoms with E-state index >= 15 is 0 Å². The van der Waals surface area contributed by atoms with E-state index in [9.17, 15) is 31.8 Å². The summed E-state index contributed by atoms with van der Waals surface area (Å²) in [6.45, 7) is 0. The number of aromatic hydroxyl groups is 2. The summed E-state index contributed by atoms with van der Waals surface area (Å²) in [5.74, 6) is -2.93. The van der Waals surface area contributed by atoms with Gasteiger partial charge >= 0.3 is 0 Å². The van der Waals surface area contributed by atoms with E-state index in [0.717, 1.165) is 18.2 Å². The van der Waals surface area contributed by atoms with Crippen LogP contribution in [0.2, 0.25) is 0 Å². The van der Waals surface area contributed by atoms with E-state index in [-0.39, 0.29) is 5.69 Å². The SMILES string of the molecule is O=C(Nc1cccc(S(=O)(=O)O)c1)c1cc(O)cc(S(=O)(=O)O)c1O. The Hall–Kier alpha value is -2.67. The number of carbonyl (C=O) groups is 1. The van der Waals surface area contributed by atoms with Crippen molar-refractivity contribution in [3.05, 3.63) is 42.0 Å². The molecule has 2 aromatic carbocycles. The van der Waals surface area contributed by atoms with Crippen molar-refractivity contribution in [1.82, 2.24) is 0 Å². The van der Waals surface area contributed by atoms with Crippen molar-refractivity contribution in [3.8, 4) is 11.5 Å². The maximum atomic E-state index is 12.2. The molecule has 25 heavy (non-hydrogen) atoms. The van der Waals surface area contributed by atoms with Crippen molar-refractivity contribution in [2.75, 3.05) is 5.32 Å². The van der Waals surface area contributed by atoms with Crippen LogP contribution in [0.1, 0.15) is 10.4 Å². The minimum atomic E-state index is -4.91. The van der Waals surface area contributed by atoms with E-state index in [1.165, 1.54) is 12.1 Å². The van der Waals surface area contributed by atoms with Crippen LogP contribution in [0.5, 0.6) is 11.5 Å². The first-order valence-electron chi connectivity index (χ1n) is 6.32. The second kappa shape index (κ2) is 6.33. The molecule has 0 aliphatic rings. The third kappa shape index (κ3) is 4.24. The van der Waals surface area contributed by atoms with E-state index in [1.807, 2.05) is 0 Å². The fourth-order valence-corrected chi connectivity index (χ4v) is 3.05. The van der Waals surface area contributed by atoms with Gasteiger partial charge in [0.15, 0.2) is 0 Å². The fraction of sp³-hybridized carbons (Fsp3) is 0. The molecule has 0 bridgehead atoms. The van der Waals surface area contributed by atoms with Gasteiger partial charge in [-0.2, -0.15) is 16.8 Å². The van der Waals surface area contributed by atoms with Crippen LogP contribution in [0.3, 0.4) is 0 Å². The first-order valence-corrected chi connectivity index (χ1v) is 9.20. The van der Waals surface area contributed by atoms with Gasteiger partial charge in [-0.25, -0.2) is 0 Å². The van der Waals surface area contributed by atoms with Gasteiger partial charge in [0.1, 0.15) is 16.4 Å². The highest BCUT2D eigenvalue weighted by Gasteiger charge is 2.23. The predicted molar refractivity (Wildman–Crippen MR) is 83.8 cm³/mol. The number of anilines is 1. The number of carbonyl (C=O) groups excluding carboxylic acids is 1. The molecule has 0 aromatic heterocycles. The molecule has 1 amide bonds. The van der Waals surface area contributed by atoms with Crippen LogP contribution in [0, 0.1) is 0 Å². The number of hydrogen-bond donors (Lipinski definition) is 5. The Morgan fingerprint density at radius 2 is 1.56 bits per heavy atom. The van der Waals surface area contributed by atoms with Gasteiger partial charge in [0.2, 0.25) is 0 Å². The molecule has 0 radical (unpaired) electrons. The number of nitrogens with one attached hydrogen (secondary N) is 1. The lowest BCUT2D eigenvalue weighted by molar-refractivity contribution is 0.102. The topological polar surface area (TPSA) is 178 Å². The van der Waals surface area contributed by atoms with E-state index in [4.69, 9.17) is 9.11 Å². The number of phenols is 2. The molecule has 0 aliphatic heterocycles. The highest BCUT2D eigenvalue weighted by Crippen LogP contribution is 2.32. The largest absolute Gasteiger partial charge is 0.508 e. The number of benzene rings is 2. The predicted octanol–water partition coefficient (Wildman–Crippen LogP) is 0.844. The van der Waals surface area contributed by atoms with Gasteiger partial charge in [-0.1, -0.05) is 6.07 Å². The summed E-state index contributed by atoms with van der Waals surface area (Å²) in [4.78, 5) is 10.6. The van der Waals surface area contributed by atoms with Crippen molar-refractivity contribution in [2.24, 2.45) is 0 Å². The first-order chi connectivity index (χ1) is 11.4. The van der Waals surface area contributed by atoms with Crippen LogP contribution in [-0.4, -0.2) is 42.1 Å². The number of rotatable bonds is 4. The molecule has 0 fully saturated rings. The Morgan fingerprint density at radius 1 is 0.920 bits per heavy atom. The van der Waals surface area contributed by atoms with Gasteiger partial charge in [-0.3, -0.25) is 13.9 Å². The molecule has 0 saturated carbocycles. The third-order valence-corrected chi connectivity index (χ3v) is 4.69. The second-order valence-corrected chi connectivity index (χ2v) is 7.58. The molecular formula is C13H11NO9S2. The van der Waals surface area contributed by atoms with E-state index < -0.39 is 53.0 Å². The van der Waals surface area contributed by atoms with Gasteiger partial charge < -0.3 is 15.5 Å². The minimum absolute atomic E-state index is 0.101. The molecule has 0 heterocycles. The molecule has 0 saturated heterocycles. The molecule has 2 aromatic rings. The zero-order valence-electron chi connectivity index (χ0n) is 12.1. The van der Waals surface area contributed by atoms with Gasteiger partial charge in [-0.05, 0) is 24.3 Å². The Morgan fingerprint density at radius 3 is 2.12 bits per heavy atom. The zero-order valence-corrected chi connectivity index (χ0v) is 13.7. The minimum Gasteiger partial charge on any atom is -0.508 e. The van der Waals surface area contributed by atoms with Gasteiger partial charge in [-0.15, -0.1) is 0 Å². The van der Waals surface area contributed by atoms with Gasteiger partial charge in [0, 0.05) is 11.8 Å². The summed E-state index contributed by atoms with van der Waals surface area (Å²) in [7, 11) is -9.43. The number of hydrogen-bond acceptors (Lipinski definition) is 7. The smallest absolute Gasteiger partial charge is 0.298 e. The first kappa shape index (κ1) is 18.7. The maximum Gasteiger partial charge on any atom is 0.298 e. The number of phenolic OH excluding ortho intramolecular Hbond substituents is 2. The summed E-state index contributed by atoms with van der Waals surface area (Å²) < 4.78 is 62.4. The zero-order chi connectivity index (χ0) is 19.0. The second-order valence-electron chi connectivity index (χ2n) is 4.77. The number of amides is 1. The molecular weight excluding hydrogens is 378 g/mol. The molecule has 134 valence electrons. The van der Waals surface area contributed by atoms with Crippen LogP contribution in [-0.2, 0) is 20.2 Å². The maximum absolute atomic E-state index is 12.2. The average Bonchev–Trinajstić information content (AvgIpc) is 2.47. The van der Waals surface area contributed by atoms with Gasteiger partial charge in [0.05, 0.1) is 10.5 Å². The van der Waals surface area contributed by atoms with Crippen LogP contribution in [0.25, 0.3) is 0 Å². The highest BCUT2D eigenvalue weighted by molar-refractivity contribution is 7.86. The van der Waals surface area contributed by atoms with Crippen LogP contribution in [0.4, 0.5) is 5.69 Å². The summed E-state index contributed by atoms with van der Waals surface area (Å²) in [6, 6.07) is 5.73. The van der Waals surface area contributed by atoms with Crippen molar-refractivity contribution in [1.29, 1.82) is 0 Å². The van der Waals surface area contributed by atoms with Crippen molar-refractivity contribution in [3.63, 3.8) is 0 Å². The lowest BCUT2D eigenvalue weighted by atomic mass is 10.1. The van der Waals surface area contributed by atoms with Crippen molar-refractivity contribution < 1.29 is 40.9 Å². The molecule has 2 rings (SSSR count). The molecule has 10 nitrogen and oxygen atoms in total. The highest BCUT2D eigenvalue weighted by atomic mass is 32.2. The van der Waals surface area contributed by atoms with E-state index in [0.29, 0.717) is 6.07 Å². The lowest BCUT2D eigenvalue weighted by Gasteiger charge is -2.10. The molecule has 0 aliphatic carbocycles. The molecule has 0 spiro atoms. The third-order valence-electron chi connectivity index (χ3n) is 2.97. The van der Waals surface area contributed by atoms with Crippen molar-refractivity contribution in [2.45, 2.75) is 9.79 Å². The molecule has 12 heteroatoms. The fourth-order valence-electron chi connectivity index (χ4n) is 1.90. The van der Waals surface area contributed by atoms with Crippen molar-refractivity contribution >= 4 is 31.8 Å². The average molecular weight is 389 g/mol. The van der Waals surface area contributed by atoms with E-state index in [1.54, 1.807) is 0 Å². The Balaban J connectivity index is 2.45. The quantitative estimate of drug-likeness (QED) is 0.374. The monoisotopic (exact) mass is 389 g/mol. The molecule has 5 N–H and O–H groups in total. The Kier molecular flexibility index (Phi) is 4.72. The van der Waals surface area contributed by atoms with E-state index in [2.05, 4.69) is 5.32 Å². The summed E-state index contributed by atoms with van der Waals surface area (Å²) in [5.41, 5.74) is -0.791. The van der Waals surface area contributed by atoms with Crippen LogP contribution in [0.15, 0.2) is 46.2 Å². The Bertz CT molecular complexity index is 1060. The normalized spacial score (nSPS) is 11.9. The molecule has 0 atom stereocenters. The summed E-state index contributed by atoms with van der Waals surface area (Å²) >= 11 is 0. The summed E-state index contributed by atoms with van der Waals surface area (Å²) in [5, 5.41) is 21.5. The Labute approximate surface area is 141 Å². The summed E-state index contributed by atoms with van der Waals surface area (Å²) in [6.07, 6.45) is 0. The standard InChI is InChI=1S/C13H11NO9S2/c15-8-5-10(12(16)11(6-8)25(21,22)23)13(17)14-7-2-1-3-9(4-7)24(18,19)20/h1-6,15-16H,(H,14,17)(H,18,19,20)(H,21,22,23).